The number of benzene rings is 1. The summed E-state index contributed by atoms with van der Waals surface area (Å²) in [7, 11) is 3.40. The molecule has 1 heterocycles. The van der Waals surface area contributed by atoms with Crippen LogP contribution in [0.3, 0.4) is 0 Å². The van der Waals surface area contributed by atoms with Crippen molar-refractivity contribution in [2.24, 2.45) is 7.05 Å². The second kappa shape index (κ2) is 6.51. The number of aryl methyl sites for hydroxylation is 2. The molecule has 2 aromatic rings. The maximum atomic E-state index is 12.4. The number of carbonyl (C=O) groups is 1. The van der Waals surface area contributed by atoms with Gasteiger partial charge in [0, 0.05) is 12.6 Å². The van der Waals surface area contributed by atoms with Gasteiger partial charge in [-0.25, -0.2) is 0 Å². The maximum Gasteiger partial charge on any atom is 0.255 e. The van der Waals surface area contributed by atoms with Gasteiger partial charge >= 0.3 is 0 Å². The van der Waals surface area contributed by atoms with Gasteiger partial charge in [-0.3, -0.25) is 9.48 Å². The van der Waals surface area contributed by atoms with Crippen LogP contribution < -0.4 is 14.8 Å². The minimum Gasteiger partial charge on any atom is -0.493 e. The van der Waals surface area contributed by atoms with Crippen molar-refractivity contribution in [3.05, 3.63) is 35.2 Å². The van der Waals surface area contributed by atoms with Crippen molar-refractivity contribution in [3.8, 4) is 11.5 Å². The smallest absolute Gasteiger partial charge is 0.255 e. The Kier molecular flexibility index (Phi) is 4.70. The predicted octanol–water partition coefficient (Wildman–Crippen LogP) is 2.70. The summed E-state index contributed by atoms with van der Waals surface area (Å²) >= 11 is 0. The molecular formula is C16H21N3O3. The Morgan fingerprint density at radius 2 is 2.05 bits per heavy atom. The minimum atomic E-state index is -0.208. The first-order valence-electron chi connectivity index (χ1n) is 7.10. The van der Waals surface area contributed by atoms with E-state index in [2.05, 4.69) is 10.4 Å². The van der Waals surface area contributed by atoms with Gasteiger partial charge < -0.3 is 14.8 Å². The van der Waals surface area contributed by atoms with E-state index in [-0.39, 0.29) is 5.91 Å². The number of anilines is 1. The topological polar surface area (TPSA) is 65.4 Å². The summed E-state index contributed by atoms with van der Waals surface area (Å²) in [6, 6.07) is 5.12. The minimum absolute atomic E-state index is 0.208. The normalized spacial score (nSPS) is 10.4. The number of ether oxygens (including phenoxy) is 2. The van der Waals surface area contributed by atoms with Gasteiger partial charge in [-0.2, -0.15) is 5.10 Å². The first kappa shape index (κ1) is 15.9. The Morgan fingerprint density at radius 1 is 1.32 bits per heavy atom. The van der Waals surface area contributed by atoms with Gasteiger partial charge in [-0.15, -0.1) is 0 Å². The Labute approximate surface area is 130 Å². The molecule has 2 rings (SSSR count). The van der Waals surface area contributed by atoms with E-state index in [9.17, 15) is 4.79 Å². The number of hydrogen-bond donors (Lipinski definition) is 1. The molecule has 0 saturated carbocycles. The lowest BCUT2D eigenvalue weighted by Gasteiger charge is -2.11. The number of carbonyl (C=O) groups excluding carboxylic acids is 1. The number of hydrogen-bond acceptors (Lipinski definition) is 4. The number of nitrogens with one attached hydrogen (secondary N) is 1. The molecule has 0 aliphatic heterocycles. The van der Waals surface area contributed by atoms with E-state index >= 15 is 0 Å². The Hall–Kier alpha value is -2.50. The highest BCUT2D eigenvalue weighted by molar-refractivity contribution is 6.05. The second-order valence-electron chi connectivity index (χ2n) is 4.92. The van der Waals surface area contributed by atoms with Crippen LogP contribution in [0, 0.1) is 13.8 Å². The fraction of sp³-hybridized carbons (Fsp3) is 0.375. The summed E-state index contributed by atoms with van der Waals surface area (Å²) in [6.07, 6.45) is 0. The third-order valence-corrected chi connectivity index (χ3v) is 3.47. The molecule has 0 bridgehead atoms. The van der Waals surface area contributed by atoms with Crippen molar-refractivity contribution < 1.29 is 14.3 Å². The van der Waals surface area contributed by atoms with E-state index < -0.39 is 0 Å². The molecule has 0 saturated heterocycles. The van der Waals surface area contributed by atoms with Crippen LogP contribution >= 0.6 is 0 Å². The lowest BCUT2D eigenvalue weighted by Crippen LogP contribution is -2.13. The summed E-state index contributed by atoms with van der Waals surface area (Å²) in [4.78, 5) is 12.4. The van der Waals surface area contributed by atoms with Crippen LogP contribution in [0.25, 0.3) is 0 Å². The molecule has 6 heteroatoms. The van der Waals surface area contributed by atoms with Crippen molar-refractivity contribution >= 4 is 11.6 Å². The van der Waals surface area contributed by atoms with E-state index in [1.165, 1.54) is 0 Å². The highest BCUT2D eigenvalue weighted by Gasteiger charge is 2.15. The Balaban J connectivity index is 2.26. The molecule has 0 radical (unpaired) electrons. The number of aromatic nitrogens is 2. The Bertz CT molecular complexity index is 692. The van der Waals surface area contributed by atoms with Gasteiger partial charge in [0.2, 0.25) is 0 Å². The molecule has 0 atom stereocenters. The summed E-state index contributed by atoms with van der Waals surface area (Å²) in [5, 5.41) is 7.19. The molecule has 6 nitrogen and oxygen atoms in total. The molecule has 0 spiro atoms. The predicted molar refractivity (Wildman–Crippen MR) is 84.8 cm³/mol. The largest absolute Gasteiger partial charge is 0.493 e. The zero-order valence-corrected chi connectivity index (χ0v) is 13.6. The molecule has 1 aromatic carbocycles. The number of amides is 1. The van der Waals surface area contributed by atoms with Crippen LogP contribution in [-0.4, -0.2) is 29.4 Å². The van der Waals surface area contributed by atoms with Gasteiger partial charge in [-0.1, -0.05) is 0 Å². The zero-order chi connectivity index (χ0) is 16.3. The van der Waals surface area contributed by atoms with E-state index in [0.29, 0.717) is 23.7 Å². The Morgan fingerprint density at radius 3 is 2.59 bits per heavy atom. The highest BCUT2D eigenvalue weighted by atomic mass is 16.5. The van der Waals surface area contributed by atoms with Crippen LogP contribution in [0.15, 0.2) is 18.2 Å². The third-order valence-electron chi connectivity index (χ3n) is 3.47. The van der Waals surface area contributed by atoms with E-state index in [4.69, 9.17) is 9.47 Å². The molecule has 1 N–H and O–H groups in total. The molecular weight excluding hydrogens is 282 g/mol. The lowest BCUT2D eigenvalue weighted by molar-refractivity contribution is 0.102. The molecule has 22 heavy (non-hydrogen) atoms. The highest BCUT2D eigenvalue weighted by Crippen LogP contribution is 2.28. The molecule has 0 unspecified atom stereocenters. The third kappa shape index (κ3) is 3.05. The standard InChI is InChI=1S/C16H21N3O3/c1-6-22-13-8-7-12(9-14(13)21-5)16(20)17-15-10(2)18-19(4)11(15)3/h7-9H,6H2,1-5H3,(H,17,20). The molecule has 1 amide bonds. The molecule has 0 fully saturated rings. The average molecular weight is 303 g/mol. The maximum absolute atomic E-state index is 12.4. The van der Waals surface area contributed by atoms with Crippen LogP contribution in [0.1, 0.15) is 28.7 Å². The lowest BCUT2D eigenvalue weighted by atomic mass is 10.1. The quantitative estimate of drug-likeness (QED) is 0.922. The zero-order valence-electron chi connectivity index (χ0n) is 13.6. The van der Waals surface area contributed by atoms with Crippen LogP contribution in [0.5, 0.6) is 11.5 Å². The van der Waals surface area contributed by atoms with Crippen LogP contribution in [0.2, 0.25) is 0 Å². The van der Waals surface area contributed by atoms with Crippen molar-refractivity contribution in [2.75, 3.05) is 19.0 Å². The monoisotopic (exact) mass is 303 g/mol. The average Bonchev–Trinajstić information content (AvgIpc) is 2.74. The number of rotatable bonds is 5. The first-order chi connectivity index (χ1) is 10.5. The molecule has 0 aliphatic carbocycles. The number of nitrogens with zero attached hydrogens (tertiary/aromatic N) is 2. The van der Waals surface area contributed by atoms with Crippen LogP contribution in [0.4, 0.5) is 5.69 Å². The van der Waals surface area contributed by atoms with Crippen molar-refractivity contribution in [1.82, 2.24) is 9.78 Å². The first-order valence-corrected chi connectivity index (χ1v) is 7.10. The van der Waals surface area contributed by atoms with Gasteiger partial charge in [0.05, 0.1) is 30.8 Å². The molecule has 1 aromatic heterocycles. The fourth-order valence-corrected chi connectivity index (χ4v) is 2.22. The van der Waals surface area contributed by atoms with E-state index in [0.717, 1.165) is 17.1 Å². The van der Waals surface area contributed by atoms with Gasteiger partial charge in [0.1, 0.15) is 0 Å². The summed E-state index contributed by atoms with van der Waals surface area (Å²) in [6.45, 7) is 6.21. The van der Waals surface area contributed by atoms with Gasteiger partial charge in [0.25, 0.3) is 5.91 Å². The van der Waals surface area contributed by atoms with Crippen molar-refractivity contribution in [2.45, 2.75) is 20.8 Å². The molecule has 0 aliphatic rings. The van der Waals surface area contributed by atoms with Crippen molar-refractivity contribution in [1.29, 1.82) is 0 Å². The molecule has 118 valence electrons. The second-order valence-corrected chi connectivity index (χ2v) is 4.92. The SMILES string of the molecule is CCOc1ccc(C(=O)Nc2c(C)nn(C)c2C)cc1OC. The summed E-state index contributed by atoms with van der Waals surface area (Å²) in [5.41, 5.74) is 2.93. The van der Waals surface area contributed by atoms with Gasteiger partial charge in [-0.05, 0) is 39.0 Å². The van der Waals surface area contributed by atoms with Crippen molar-refractivity contribution in [3.63, 3.8) is 0 Å². The summed E-state index contributed by atoms with van der Waals surface area (Å²) < 4.78 is 12.5. The fourth-order valence-electron chi connectivity index (χ4n) is 2.22. The number of methoxy groups -OCH3 is 1. The van der Waals surface area contributed by atoms with Crippen LogP contribution in [-0.2, 0) is 7.05 Å². The van der Waals surface area contributed by atoms with E-state index in [1.807, 2.05) is 27.8 Å². The summed E-state index contributed by atoms with van der Waals surface area (Å²) in [5.74, 6) is 0.949. The van der Waals surface area contributed by atoms with Gasteiger partial charge in [0.15, 0.2) is 11.5 Å². The van der Waals surface area contributed by atoms with E-state index in [1.54, 1.807) is 30.0 Å².